The first-order valence-electron chi connectivity index (χ1n) is 8.30. The summed E-state index contributed by atoms with van der Waals surface area (Å²) in [4.78, 5) is 17.2. The quantitative estimate of drug-likeness (QED) is 0.274. The minimum Gasteiger partial charge on any atom is -0.483 e. The highest BCUT2D eigenvalue weighted by atomic mass is 32.1. The number of thiazole rings is 1. The van der Waals surface area contributed by atoms with Crippen molar-refractivity contribution in [1.29, 1.82) is 0 Å². The fourth-order valence-corrected chi connectivity index (χ4v) is 4.10. The van der Waals surface area contributed by atoms with Gasteiger partial charge in [-0.15, -0.1) is 0 Å². The Balaban J connectivity index is 0.00000101. The van der Waals surface area contributed by atoms with Crippen molar-refractivity contribution < 1.29 is 36.2 Å². The van der Waals surface area contributed by atoms with Crippen molar-refractivity contribution in [1.82, 2.24) is 4.98 Å². The molecule has 1 aromatic carbocycles. The van der Waals surface area contributed by atoms with Gasteiger partial charge in [-0.25, -0.2) is 4.98 Å². The number of nitrogens with two attached hydrogens (primary N) is 2. The molecule has 0 spiro atoms. The summed E-state index contributed by atoms with van der Waals surface area (Å²) in [5, 5.41) is 7.21. The van der Waals surface area contributed by atoms with Crippen LogP contribution in [0.5, 0.6) is 0 Å². The van der Waals surface area contributed by atoms with Crippen molar-refractivity contribution in [3.63, 3.8) is 0 Å². The summed E-state index contributed by atoms with van der Waals surface area (Å²) in [6.07, 6.45) is -8.63. The van der Waals surface area contributed by atoms with Crippen molar-refractivity contribution in [2.24, 2.45) is 16.5 Å². The van der Waals surface area contributed by atoms with Gasteiger partial charge in [-0.1, -0.05) is 11.3 Å². The summed E-state index contributed by atoms with van der Waals surface area (Å²) < 4.78 is 78.3. The van der Waals surface area contributed by atoms with Gasteiger partial charge in [0, 0.05) is 4.88 Å². The molecular formula is C17H16F6N4O2S. The van der Waals surface area contributed by atoms with Crippen LogP contribution in [0, 0.1) is 0 Å². The van der Waals surface area contributed by atoms with E-state index in [2.05, 4.69) is 9.98 Å². The van der Waals surface area contributed by atoms with E-state index in [1.807, 2.05) is 0 Å². The normalized spacial score (nSPS) is 16.1. The summed E-state index contributed by atoms with van der Waals surface area (Å²) >= 11 is 1.18. The third-order valence-electron chi connectivity index (χ3n) is 4.23. The largest absolute Gasteiger partial charge is 0.483 e. The third-order valence-corrected chi connectivity index (χ3v) is 5.25. The Labute approximate surface area is 170 Å². The van der Waals surface area contributed by atoms with E-state index in [4.69, 9.17) is 21.4 Å². The number of carboxylic acid groups (broad SMARTS) is 1. The van der Waals surface area contributed by atoms with Crippen LogP contribution in [0.4, 0.5) is 31.5 Å². The lowest BCUT2D eigenvalue weighted by Gasteiger charge is -2.23. The molecule has 0 saturated heterocycles. The van der Waals surface area contributed by atoms with Crippen LogP contribution >= 0.6 is 11.3 Å². The Kier molecular flexibility index (Phi) is 6.95. The van der Waals surface area contributed by atoms with Gasteiger partial charge >= 0.3 is 12.4 Å². The molecule has 30 heavy (non-hydrogen) atoms. The van der Waals surface area contributed by atoms with E-state index in [1.165, 1.54) is 11.3 Å². The molecular weight excluding hydrogens is 438 g/mol. The van der Waals surface area contributed by atoms with Crippen LogP contribution in [-0.4, -0.2) is 22.5 Å². The van der Waals surface area contributed by atoms with Gasteiger partial charge in [0.15, 0.2) is 5.96 Å². The zero-order valence-electron chi connectivity index (χ0n) is 15.1. The second-order valence-corrected chi connectivity index (χ2v) is 7.35. The average Bonchev–Trinajstić information content (AvgIpc) is 3.01. The van der Waals surface area contributed by atoms with Crippen LogP contribution < -0.4 is 11.5 Å². The molecule has 5 N–H and O–H groups in total. The van der Waals surface area contributed by atoms with Gasteiger partial charge in [0.1, 0.15) is 0 Å². The molecule has 0 unspecified atom stereocenters. The second-order valence-electron chi connectivity index (χ2n) is 6.29. The Morgan fingerprint density at radius 3 is 2.13 bits per heavy atom. The van der Waals surface area contributed by atoms with Gasteiger partial charge < -0.3 is 16.6 Å². The highest BCUT2D eigenvalue weighted by Crippen LogP contribution is 2.42. The molecule has 1 heterocycles. The molecule has 0 amide bonds. The average molecular weight is 454 g/mol. The van der Waals surface area contributed by atoms with E-state index in [9.17, 15) is 26.3 Å². The van der Waals surface area contributed by atoms with Crippen LogP contribution in [0.25, 0.3) is 0 Å². The number of hydrogen-bond donors (Lipinski definition) is 3. The Morgan fingerprint density at radius 1 is 1.13 bits per heavy atom. The van der Waals surface area contributed by atoms with Gasteiger partial charge in [-0.05, 0) is 48.9 Å². The number of rotatable bonds is 2. The highest BCUT2D eigenvalue weighted by Gasteiger charge is 2.38. The van der Waals surface area contributed by atoms with Crippen molar-refractivity contribution in [3.8, 4) is 0 Å². The summed E-state index contributed by atoms with van der Waals surface area (Å²) in [7, 11) is 0. The zero-order valence-corrected chi connectivity index (χ0v) is 15.9. The smallest absolute Gasteiger partial charge is 0.416 e. The number of benzene rings is 1. The summed E-state index contributed by atoms with van der Waals surface area (Å²) in [6.45, 7) is -0.250. The maximum absolute atomic E-state index is 13.1. The second kappa shape index (κ2) is 8.90. The standard InChI is InChI=1S/C16H14F6N4S.CH2O2/c17-15(18,19)9-3-8(4-10(6-9)16(20,21)22)7-1-2-11-12(5-7)27-14(25-11)26-13(23)24;2-1-3/h3-4,6-7H,1-2,5H2,(H4,23,24,25,26);1H,(H,2,3)/t7-;/m0./s1. The van der Waals surface area contributed by atoms with Gasteiger partial charge in [0.25, 0.3) is 6.47 Å². The number of aliphatic imine (C=N–C) groups is 1. The van der Waals surface area contributed by atoms with Crippen molar-refractivity contribution >= 4 is 28.9 Å². The van der Waals surface area contributed by atoms with E-state index in [-0.39, 0.29) is 30.5 Å². The predicted octanol–water partition coefficient (Wildman–Crippen LogP) is 4.06. The van der Waals surface area contributed by atoms with Gasteiger partial charge in [0.2, 0.25) is 5.13 Å². The lowest BCUT2D eigenvalue weighted by molar-refractivity contribution is -0.143. The minimum absolute atomic E-state index is 0.0135. The molecule has 1 aliphatic rings. The lowest BCUT2D eigenvalue weighted by atomic mass is 9.84. The number of halogens is 6. The zero-order chi connectivity index (χ0) is 22.7. The van der Waals surface area contributed by atoms with Crippen molar-refractivity contribution in [2.45, 2.75) is 37.5 Å². The van der Waals surface area contributed by atoms with Crippen LogP contribution in [0.15, 0.2) is 23.2 Å². The Bertz CT molecular complexity index is 903. The first-order chi connectivity index (χ1) is 13.8. The molecule has 3 rings (SSSR count). The van der Waals surface area contributed by atoms with Crippen LogP contribution in [-0.2, 0) is 30.0 Å². The molecule has 0 bridgehead atoms. The van der Waals surface area contributed by atoms with Crippen LogP contribution in [0.1, 0.15) is 39.6 Å². The number of guanidine groups is 1. The third kappa shape index (κ3) is 5.84. The maximum atomic E-state index is 13.1. The summed E-state index contributed by atoms with van der Waals surface area (Å²) in [5.74, 6) is -0.654. The van der Waals surface area contributed by atoms with Crippen molar-refractivity contribution in [3.05, 3.63) is 45.5 Å². The number of nitrogens with zero attached hydrogens (tertiary/aromatic N) is 2. The van der Waals surface area contributed by atoms with Gasteiger partial charge in [0.05, 0.1) is 16.8 Å². The van der Waals surface area contributed by atoms with Gasteiger partial charge in [-0.2, -0.15) is 31.3 Å². The summed E-state index contributed by atoms with van der Waals surface area (Å²) in [5.41, 5.74) is 8.72. The molecule has 0 aliphatic heterocycles. The fourth-order valence-electron chi connectivity index (χ4n) is 3.02. The molecule has 0 fully saturated rings. The maximum Gasteiger partial charge on any atom is 0.416 e. The summed E-state index contributed by atoms with van der Waals surface area (Å²) in [6, 6.07) is 1.73. The minimum atomic E-state index is -4.86. The SMILES string of the molecule is NC(N)=Nc1nc2c(s1)C[C@@H](c1cc(C(F)(F)F)cc(C(F)(F)F)c1)CC2.O=CO. The van der Waals surface area contributed by atoms with Crippen molar-refractivity contribution in [2.75, 3.05) is 0 Å². The van der Waals surface area contributed by atoms with E-state index >= 15 is 0 Å². The molecule has 0 radical (unpaired) electrons. The molecule has 2 aromatic rings. The number of fused-ring (bicyclic) bond motifs is 1. The molecule has 13 heteroatoms. The molecule has 1 atom stereocenters. The highest BCUT2D eigenvalue weighted by molar-refractivity contribution is 7.15. The van der Waals surface area contributed by atoms with E-state index < -0.39 is 29.4 Å². The van der Waals surface area contributed by atoms with Gasteiger partial charge in [-0.3, -0.25) is 4.79 Å². The van der Waals surface area contributed by atoms with Crippen LogP contribution in [0.2, 0.25) is 0 Å². The van der Waals surface area contributed by atoms with E-state index in [0.717, 1.165) is 22.7 Å². The fraction of sp³-hybridized carbons (Fsp3) is 0.353. The topological polar surface area (TPSA) is 115 Å². The first kappa shape index (κ1) is 23.4. The number of carbonyl (C=O) groups is 1. The number of aryl methyl sites for hydroxylation is 1. The molecule has 0 saturated carbocycles. The molecule has 164 valence electrons. The number of alkyl halides is 6. The molecule has 1 aromatic heterocycles. The first-order valence-corrected chi connectivity index (χ1v) is 9.12. The molecule has 1 aliphatic carbocycles. The van der Waals surface area contributed by atoms with E-state index in [1.54, 1.807) is 0 Å². The molecule has 6 nitrogen and oxygen atoms in total. The predicted molar refractivity (Wildman–Crippen MR) is 97.5 cm³/mol. The van der Waals surface area contributed by atoms with E-state index in [0.29, 0.717) is 18.0 Å². The number of hydrogen-bond acceptors (Lipinski definition) is 4. The lowest BCUT2D eigenvalue weighted by Crippen LogP contribution is -2.21. The Morgan fingerprint density at radius 2 is 1.67 bits per heavy atom. The Hall–Kier alpha value is -2.83. The monoisotopic (exact) mass is 454 g/mol. The number of aromatic nitrogens is 1. The van der Waals surface area contributed by atoms with Crippen LogP contribution in [0.3, 0.4) is 0 Å².